The number of rotatable bonds is 5. The fourth-order valence-electron chi connectivity index (χ4n) is 2.64. The third kappa shape index (κ3) is 4.08. The third-order valence-electron chi connectivity index (χ3n) is 4.00. The number of pyridine rings is 1. The van der Waals surface area contributed by atoms with Gasteiger partial charge in [0.05, 0.1) is 12.6 Å². The molecule has 0 radical (unpaired) electrons. The Morgan fingerprint density at radius 2 is 1.81 bits per heavy atom. The zero-order valence-corrected chi connectivity index (χ0v) is 15.7. The van der Waals surface area contributed by atoms with Crippen LogP contribution in [0.1, 0.15) is 16.1 Å². The van der Waals surface area contributed by atoms with Crippen molar-refractivity contribution in [1.82, 2.24) is 10.3 Å². The van der Waals surface area contributed by atoms with Gasteiger partial charge in [-0.3, -0.25) is 4.79 Å². The maximum atomic E-state index is 12.6. The molecule has 1 aromatic heterocycles. The van der Waals surface area contributed by atoms with Crippen molar-refractivity contribution in [1.29, 1.82) is 0 Å². The Labute approximate surface area is 159 Å². The minimum Gasteiger partial charge on any atom is -0.467 e. The minimum atomic E-state index is -0.806. The topological polar surface area (TPSA) is 68.3 Å². The number of amides is 1. The lowest BCUT2D eigenvalue weighted by atomic mass is 10.1. The van der Waals surface area contributed by atoms with Crippen LogP contribution in [0, 0.1) is 0 Å². The number of hydrogen-bond acceptors (Lipinski definition) is 4. The van der Waals surface area contributed by atoms with Crippen molar-refractivity contribution in [2.45, 2.75) is 12.5 Å². The monoisotopic (exact) mass is 412 g/mol. The highest BCUT2D eigenvalue weighted by molar-refractivity contribution is 9.10. The largest absolute Gasteiger partial charge is 0.467 e. The Hall–Kier alpha value is -2.73. The van der Waals surface area contributed by atoms with E-state index in [-0.39, 0.29) is 5.69 Å². The maximum absolute atomic E-state index is 12.6. The molecule has 0 saturated heterocycles. The first-order valence-electron chi connectivity index (χ1n) is 8.06. The summed E-state index contributed by atoms with van der Waals surface area (Å²) in [7, 11) is 1.30. The van der Waals surface area contributed by atoms with Gasteiger partial charge in [-0.05, 0) is 23.8 Å². The second-order valence-corrected chi connectivity index (χ2v) is 6.59. The molecule has 0 unspecified atom stereocenters. The van der Waals surface area contributed by atoms with E-state index >= 15 is 0 Å². The molecule has 3 rings (SSSR count). The normalized spacial score (nSPS) is 11.8. The van der Waals surface area contributed by atoms with Crippen molar-refractivity contribution in [3.63, 3.8) is 0 Å². The summed E-state index contributed by atoms with van der Waals surface area (Å²) >= 11 is 3.46. The van der Waals surface area contributed by atoms with E-state index in [0.29, 0.717) is 6.42 Å². The lowest BCUT2D eigenvalue weighted by Gasteiger charge is -2.17. The predicted molar refractivity (Wildman–Crippen MR) is 103 cm³/mol. The second kappa shape index (κ2) is 8.10. The van der Waals surface area contributed by atoms with E-state index in [1.807, 2.05) is 54.6 Å². The number of aromatic nitrogens is 1. The molecule has 0 aliphatic heterocycles. The Kier molecular flexibility index (Phi) is 5.63. The lowest BCUT2D eigenvalue weighted by molar-refractivity contribution is -0.142. The number of carbonyl (C=O) groups is 2. The van der Waals surface area contributed by atoms with Gasteiger partial charge in [0.1, 0.15) is 11.7 Å². The van der Waals surface area contributed by atoms with Gasteiger partial charge in [-0.25, -0.2) is 9.78 Å². The Morgan fingerprint density at radius 3 is 2.58 bits per heavy atom. The van der Waals surface area contributed by atoms with E-state index in [0.717, 1.165) is 20.9 Å². The van der Waals surface area contributed by atoms with Crippen LogP contribution in [-0.2, 0) is 16.0 Å². The molecular formula is C20H17BrN2O3. The van der Waals surface area contributed by atoms with Crippen molar-refractivity contribution in [2.24, 2.45) is 0 Å². The number of hydrogen-bond donors (Lipinski definition) is 1. The summed E-state index contributed by atoms with van der Waals surface area (Å²) in [6.07, 6.45) is 0.313. The van der Waals surface area contributed by atoms with Gasteiger partial charge >= 0.3 is 5.97 Å². The van der Waals surface area contributed by atoms with Crippen LogP contribution in [0.15, 0.2) is 65.1 Å². The van der Waals surface area contributed by atoms with Gasteiger partial charge in [0, 0.05) is 16.3 Å². The fraction of sp³-hybridized carbons (Fsp3) is 0.150. The molecule has 1 heterocycles. The predicted octanol–water partition coefficient (Wildman–Crippen LogP) is 3.51. The number of methoxy groups -OCH3 is 1. The van der Waals surface area contributed by atoms with Gasteiger partial charge in [0.25, 0.3) is 5.91 Å². The first-order valence-corrected chi connectivity index (χ1v) is 8.85. The molecule has 132 valence electrons. The Bertz CT molecular complexity index is 958. The smallest absolute Gasteiger partial charge is 0.328 e. The molecule has 5 nitrogen and oxygen atoms in total. The number of benzene rings is 2. The van der Waals surface area contributed by atoms with E-state index in [4.69, 9.17) is 4.74 Å². The van der Waals surface area contributed by atoms with Crippen LogP contribution in [-0.4, -0.2) is 30.0 Å². The van der Waals surface area contributed by atoms with Crippen molar-refractivity contribution in [3.8, 4) is 0 Å². The third-order valence-corrected chi connectivity index (χ3v) is 4.78. The van der Waals surface area contributed by atoms with Crippen molar-refractivity contribution >= 4 is 38.7 Å². The van der Waals surface area contributed by atoms with E-state index in [1.165, 1.54) is 7.11 Å². The Morgan fingerprint density at radius 1 is 1.08 bits per heavy atom. The second-order valence-electron chi connectivity index (χ2n) is 5.73. The molecule has 2 aromatic carbocycles. The van der Waals surface area contributed by atoms with Gasteiger partial charge in [-0.1, -0.05) is 58.4 Å². The van der Waals surface area contributed by atoms with Crippen molar-refractivity contribution < 1.29 is 14.3 Å². The molecule has 3 aromatic rings. The van der Waals surface area contributed by atoms with E-state index in [1.54, 1.807) is 6.07 Å². The quantitative estimate of drug-likeness (QED) is 0.651. The van der Waals surface area contributed by atoms with Crippen molar-refractivity contribution in [2.75, 3.05) is 7.11 Å². The van der Waals surface area contributed by atoms with Gasteiger partial charge < -0.3 is 10.1 Å². The van der Waals surface area contributed by atoms with Crippen LogP contribution in [0.3, 0.4) is 0 Å². The molecule has 0 spiro atoms. The SMILES string of the molecule is COC(=O)[C@H](Cc1ccccc1Br)NC(=O)c1ccc2ccccc2n1. The lowest BCUT2D eigenvalue weighted by Crippen LogP contribution is -2.43. The van der Waals surface area contributed by atoms with Gasteiger partial charge in [0.2, 0.25) is 0 Å². The number of para-hydroxylation sites is 1. The molecule has 26 heavy (non-hydrogen) atoms. The number of esters is 1. The average Bonchev–Trinajstić information content (AvgIpc) is 2.68. The van der Waals surface area contributed by atoms with Crippen LogP contribution in [0.2, 0.25) is 0 Å². The zero-order valence-electron chi connectivity index (χ0n) is 14.1. The summed E-state index contributed by atoms with van der Waals surface area (Å²) in [6, 6.07) is 17.7. The van der Waals surface area contributed by atoms with Crippen LogP contribution < -0.4 is 5.32 Å². The number of halogens is 1. The van der Waals surface area contributed by atoms with Crippen LogP contribution in [0.25, 0.3) is 10.9 Å². The highest BCUT2D eigenvalue weighted by Crippen LogP contribution is 2.18. The standard InChI is InChI=1S/C20H17BrN2O3/c1-26-20(25)18(12-14-7-2-4-8-15(14)21)23-19(24)17-11-10-13-6-3-5-9-16(13)22-17/h2-11,18H,12H2,1H3,(H,23,24)/t18-/m0/s1. The molecule has 1 N–H and O–H groups in total. The van der Waals surface area contributed by atoms with Crippen molar-refractivity contribution in [3.05, 3.63) is 76.4 Å². The van der Waals surface area contributed by atoms with Gasteiger partial charge in [-0.2, -0.15) is 0 Å². The first kappa shape index (κ1) is 18.1. The number of fused-ring (bicyclic) bond motifs is 1. The zero-order chi connectivity index (χ0) is 18.5. The molecule has 1 atom stereocenters. The summed E-state index contributed by atoms with van der Waals surface area (Å²) in [6.45, 7) is 0. The summed E-state index contributed by atoms with van der Waals surface area (Å²) in [5.74, 6) is -0.923. The summed E-state index contributed by atoms with van der Waals surface area (Å²) in [5, 5.41) is 3.67. The highest BCUT2D eigenvalue weighted by atomic mass is 79.9. The van der Waals surface area contributed by atoms with E-state index in [2.05, 4.69) is 26.2 Å². The number of carbonyl (C=O) groups excluding carboxylic acids is 2. The van der Waals surface area contributed by atoms with Gasteiger partial charge in [-0.15, -0.1) is 0 Å². The van der Waals surface area contributed by atoms with Crippen LogP contribution in [0.4, 0.5) is 0 Å². The minimum absolute atomic E-state index is 0.254. The van der Waals surface area contributed by atoms with E-state index < -0.39 is 17.9 Å². The Balaban J connectivity index is 1.82. The maximum Gasteiger partial charge on any atom is 0.328 e. The summed E-state index contributed by atoms with van der Waals surface area (Å²) in [4.78, 5) is 29.1. The number of nitrogens with zero attached hydrogens (tertiary/aromatic N) is 1. The van der Waals surface area contributed by atoms with E-state index in [9.17, 15) is 9.59 Å². The molecule has 0 aliphatic rings. The molecule has 6 heteroatoms. The van der Waals surface area contributed by atoms with Crippen LogP contribution in [0.5, 0.6) is 0 Å². The number of nitrogens with one attached hydrogen (secondary N) is 1. The number of ether oxygens (including phenoxy) is 1. The molecular weight excluding hydrogens is 396 g/mol. The summed E-state index contributed by atoms with van der Waals surface area (Å²) in [5.41, 5.74) is 1.87. The first-order chi connectivity index (χ1) is 12.6. The average molecular weight is 413 g/mol. The fourth-order valence-corrected chi connectivity index (χ4v) is 3.09. The highest BCUT2D eigenvalue weighted by Gasteiger charge is 2.24. The van der Waals surface area contributed by atoms with Crippen LogP contribution >= 0.6 is 15.9 Å². The molecule has 0 bridgehead atoms. The molecule has 0 fully saturated rings. The molecule has 0 saturated carbocycles. The van der Waals surface area contributed by atoms with Gasteiger partial charge in [0.15, 0.2) is 0 Å². The molecule has 0 aliphatic carbocycles. The molecule has 1 amide bonds. The summed E-state index contributed by atoms with van der Waals surface area (Å²) < 4.78 is 5.71.